The highest BCUT2D eigenvalue weighted by Crippen LogP contribution is 2.08. The summed E-state index contributed by atoms with van der Waals surface area (Å²) in [4.78, 5) is 32.6. The van der Waals surface area contributed by atoms with Crippen molar-refractivity contribution < 1.29 is 34.1 Å². The zero-order chi connectivity index (χ0) is 22.6. The Morgan fingerprint density at radius 3 is 2.33 bits per heavy atom. The van der Waals surface area contributed by atoms with E-state index in [4.69, 9.17) is 14.9 Å². The Balaban J connectivity index is 0.000000890. The van der Waals surface area contributed by atoms with Gasteiger partial charge < -0.3 is 19.7 Å². The summed E-state index contributed by atoms with van der Waals surface area (Å²) in [6, 6.07) is 9.51. The molecule has 7 heteroatoms. The molecule has 0 aliphatic carbocycles. The monoisotopic (exact) mass is 416 g/mol. The molecule has 0 bridgehead atoms. The van der Waals surface area contributed by atoms with Crippen molar-refractivity contribution in [2.24, 2.45) is 0 Å². The molecule has 30 heavy (non-hydrogen) atoms. The lowest BCUT2D eigenvalue weighted by Gasteiger charge is -2.04. The molecule has 2 N–H and O–H groups in total. The summed E-state index contributed by atoms with van der Waals surface area (Å²) in [5.41, 5.74) is 1.24. The normalized spacial score (nSPS) is 10.9. The molecule has 0 heterocycles. The number of hydrogen-bond acceptors (Lipinski definition) is 6. The third-order valence-electron chi connectivity index (χ3n) is 3.24. The highest BCUT2D eigenvalue weighted by molar-refractivity contribution is 5.93. The summed E-state index contributed by atoms with van der Waals surface area (Å²) < 4.78 is 9.48. The second kappa shape index (κ2) is 17.6. The fourth-order valence-corrected chi connectivity index (χ4v) is 1.77. The molecule has 0 saturated heterocycles. The van der Waals surface area contributed by atoms with Crippen LogP contribution >= 0.6 is 0 Å². The van der Waals surface area contributed by atoms with Crippen molar-refractivity contribution in [2.75, 3.05) is 19.8 Å². The molecule has 1 aromatic carbocycles. The lowest BCUT2D eigenvalue weighted by molar-refractivity contribution is -0.139. The fraction of sp³-hybridized carbons (Fsp3) is 0.261. The van der Waals surface area contributed by atoms with Crippen molar-refractivity contribution in [2.45, 2.75) is 19.8 Å². The van der Waals surface area contributed by atoms with Crippen LogP contribution in [0.1, 0.15) is 25.3 Å². The minimum absolute atomic E-state index is 0.0465. The number of hydrogen-bond donors (Lipinski definition) is 2. The van der Waals surface area contributed by atoms with E-state index in [2.05, 4.69) is 11.3 Å². The Morgan fingerprint density at radius 2 is 1.77 bits per heavy atom. The van der Waals surface area contributed by atoms with Crippen molar-refractivity contribution in [3.05, 3.63) is 78.4 Å². The number of carboxylic acid groups (broad SMARTS) is 1. The van der Waals surface area contributed by atoms with Gasteiger partial charge in [0.25, 0.3) is 0 Å². The molecule has 162 valence electrons. The van der Waals surface area contributed by atoms with Gasteiger partial charge in [-0.15, -0.1) is 0 Å². The number of carboxylic acids is 1. The average molecular weight is 416 g/mol. The van der Waals surface area contributed by atoms with E-state index < -0.39 is 17.9 Å². The summed E-state index contributed by atoms with van der Waals surface area (Å²) in [6.07, 6.45) is 9.90. The van der Waals surface area contributed by atoms with E-state index in [1.807, 2.05) is 37.3 Å². The quantitative estimate of drug-likeness (QED) is 0.246. The summed E-state index contributed by atoms with van der Waals surface area (Å²) >= 11 is 0. The molecule has 0 aromatic heterocycles. The van der Waals surface area contributed by atoms with Crippen LogP contribution in [0.15, 0.2) is 72.9 Å². The fourth-order valence-electron chi connectivity index (χ4n) is 1.77. The number of aliphatic hydroxyl groups is 1. The highest BCUT2D eigenvalue weighted by atomic mass is 16.5. The van der Waals surface area contributed by atoms with Crippen molar-refractivity contribution in [3.8, 4) is 0 Å². The Kier molecular flexibility index (Phi) is 15.6. The number of aliphatic hydroxyl groups excluding tert-OH is 1. The summed E-state index contributed by atoms with van der Waals surface area (Å²) in [5, 5.41) is 16.7. The molecule has 0 unspecified atom stereocenters. The number of ether oxygens (including phenoxy) is 2. The van der Waals surface area contributed by atoms with Gasteiger partial charge in [0.05, 0.1) is 18.8 Å². The molecule has 0 spiro atoms. The number of allylic oxidation sites excluding steroid dienone is 2. The lowest BCUT2D eigenvalue weighted by atomic mass is 10.1. The first-order valence-electron chi connectivity index (χ1n) is 9.36. The van der Waals surface area contributed by atoms with E-state index in [0.29, 0.717) is 12.2 Å². The second-order valence-electron chi connectivity index (χ2n) is 5.65. The van der Waals surface area contributed by atoms with Crippen LogP contribution in [0.5, 0.6) is 0 Å². The van der Waals surface area contributed by atoms with Gasteiger partial charge in [0, 0.05) is 12.2 Å². The van der Waals surface area contributed by atoms with Crippen LogP contribution < -0.4 is 0 Å². The Morgan fingerprint density at radius 1 is 1.07 bits per heavy atom. The van der Waals surface area contributed by atoms with E-state index in [9.17, 15) is 14.4 Å². The maximum Gasteiger partial charge on any atom is 0.338 e. The molecule has 0 atom stereocenters. The predicted octanol–water partition coefficient (Wildman–Crippen LogP) is 3.32. The minimum atomic E-state index is -1.07. The van der Waals surface area contributed by atoms with Crippen LogP contribution in [0.4, 0.5) is 0 Å². The molecule has 0 radical (unpaired) electrons. The Labute approximate surface area is 176 Å². The molecule has 1 rings (SSSR count). The van der Waals surface area contributed by atoms with E-state index >= 15 is 0 Å². The number of unbranched alkanes of at least 4 members (excludes halogenated alkanes) is 1. The van der Waals surface area contributed by atoms with Gasteiger partial charge >= 0.3 is 17.9 Å². The van der Waals surface area contributed by atoms with Gasteiger partial charge in [0.1, 0.15) is 6.61 Å². The zero-order valence-electron chi connectivity index (χ0n) is 17.0. The standard InChI is InChI=1S/C18H20O4.C5H8O3/c1-2-3-14-22-18(21)16(10-7-11-17(19)20)13-12-15-8-5-4-6-9-15;1-2-5(7)8-4-3-6/h4-13H,2-3,14H2,1H3,(H,19,20);2,6H,1,3-4H2. The molecule has 1 aromatic rings. The third-order valence-corrected chi connectivity index (χ3v) is 3.24. The van der Waals surface area contributed by atoms with Gasteiger partial charge in [0.15, 0.2) is 0 Å². The van der Waals surface area contributed by atoms with Crippen LogP contribution in [0.25, 0.3) is 6.08 Å². The SMILES string of the molecule is C=CC(=O)OCCO.CCCCOC(=O)C(C=Cc1ccccc1)=CC=CC(=O)O. The van der Waals surface area contributed by atoms with E-state index in [0.717, 1.165) is 30.6 Å². The molecule has 0 amide bonds. The lowest BCUT2D eigenvalue weighted by Crippen LogP contribution is -2.07. The number of benzene rings is 1. The van der Waals surface area contributed by atoms with Gasteiger partial charge in [-0.2, -0.15) is 0 Å². The van der Waals surface area contributed by atoms with Crippen molar-refractivity contribution >= 4 is 24.0 Å². The van der Waals surface area contributed by atoms with Gasteiger partial charge in [-0.25, -0.2) is 14.4 Å². The van der Waals surface area contributed by atoms with Gasteiger partial charge in [-0.3, -0.25) is 0 Å². The van der Waals surface area contributed by atoms with Crippen LogP contribution in [0.2, 0.25) is 0 Å². The first-order chi connectivity index (χ1) is 14.4. The maximum absolute atomic E-state index is 12.0. The summed E-state index contributed by atoms with van der Waals surface area (Å²) in [7, 11) is 0. The van der Waals surface area contributed by atoms with Crippen LogP contribution in [0, 0.1) is 0 Å². The van der Waals surface area contributed by atoms with Crippen molar-refractivity contribution in [3.63, 3.8) is 0 Å². The van der Waals surface area contributed by atoms with E-state index in [1.165, 1.54) is 12.2 Å². The molecule has 0 fully saturated rings. The topological polar surface area (TPSA) is 110 Å². The zero-order valence-corrected chi connectivity index (χ0v) is 17.0. The maximum atomic E-state index is 12.0. The Hall–Kier alpha value is -3.45. The number of carbonyl (C=O) groups excluding carboxylic acids is 2. The molecular formula is C23H28O7. The molecule has 0 saturated carbocycles. The Bertz CT molecular complexity index is 746. The number of esters is 2. The molecule has 0 aliphatic heterocycles. The molecule has 7 nitrogen and oxygen atoms in total. The van der Waals surface area contributed by atoms with E-state index in [1.54, 1.807) is 12.2 Å². The van der Waals surface area contributed by atoms with Gasteiger partial charge in [-0.05, 0) is 24.1 Å². The largest absolute Gasteiger partial charge is 0.478 e. The van der Waals surface area contributed by atoms with Crippen molar-refractivity contribution in [1.82, 2.24) is 0 Å². The predicted molar refractivity (Wildman–Crippen MR) is 114 cm³/mol. The molecule has 0 aliphatic rings. The van der Waals surface area contributed by atoms with Crippen LogP contribution in [-0.2, 0) is 23.9 Å². The van der Waals surface area contributed by atoms with Crippen LogP contribution in [0.3, 0.4) is 0 Å². The first-order valence-corrected chi connectivity index (χ1v) is 9.36. The molecular weight excluding hydrogens is 388 g/mol. The first kappa shape index (κ1) is 26.6. The second-order valence-corrected chi connectivity index (χ2v) is 5.65. The third kappa shape index (κ3) is 14.6. The van der Waals surface area contributed by atoms with Crippen LogP contribution in [-0.4, -0.2) is 47.9 Å². The number of rotatable bonds is 11. The number of carbonyl (C=O) groups is 3. The van der Waals surface area contributed by atoms with Gasteiger partial charge in [-0.1, -0.05) is 62.4 Å². The summed E-state index contributed by atoms with van der Waals surface area (Å²) in [5.74, 6) is -2.03. The smallest absolute Gasteiger partial charge is 0.338 e. The highest BCUT2D eigenvalue weighted by Gasteiger charge is 2.06. The van der Waals surface area contributed by atoms with E-state index in [-0.39, 0.29) is 13.2 Å². The average Bonchev–Trinajstić information content (AvgIpc) is 2.75. The van der Waals surface area contributed by atoms with Gasteiger partial charge in [0.2, 0.25) is 0 Å². The summed E-state index contributed by atoms with van der Waals surface area (Å²) in [6.45, 7) is 5.43. The number of aliphatic carboxylic acids is 1. The van der Waals surface area contributed by atoms with Crippen molar-refractivity contribution in [1.29, 1.82) is 0 Å². The minimum Gasteiger partial charge on any atom is -0.478 e.